The molecule has 1 N–H and O–H groups in total. The predicted octanol–water partition coefficient (Wildman–Crippen LogP) is 0.459. The molecule has 92 valence electrons. The number of hydrogen-bond donors (Lipinski definition) is 1. The Bertz CT molecular complexity index is 406. The van der Waals surface area contributed by atoms with Crippen molar-refractivity contribution < 1.29 is 19.4 Å². The Morgan fingerprint density at radius 3 is 3.12 bits per heavy atom. The Balaban J connectivity index is 1.97. The van der Waals surface area contributed by atoms with Crippen molar-refractivity contribution in [2.24, 2.45) is 0 Å². The van der Waals surface area contributed by atoms with Crippen molar-refractivity contribution in [2.45, 2.75) is 12.5 Å². The second-order valence-electron chi connectivity index (χ2n) is 3.72. The molecular formula is C10H12N2O4S. The summed E-state index contributed by atoms with van der Waals surface area (Å²) >= 11 is 1.36. The maximum Gasteiger partial charge on any atom is 0.306 e. The molecule has 0 aromatic carbocycles. The van der Waals surface area contributed by atoms with E-state index in [1.54, 1.807) is 15.8 Å². The quantitative estimate of drug-likeness (QED) is 0.849. The molecule has 1 amide bonds. The third-order valence-electron chi connectivity index (χ3n) is 2.48. The number of carboxylic acids is 1. The van der Waals surface area contributed by atoms with Crippen LogP contribution in [0.1, 0.15) is 16.9 Å². The largest absolute Gasteiger partial charge is 0.481 e. The molecule has 1 saturated heterocycles. The second kappa shape index (κ2) is 5.24. The zero-order chi connectivity index (χ0) is 12.3. The van der Waals surface area contributed by atoms with E-state index in [1.165, 1.54) is 11.3 Å². The van der Waals surface area contributed by atoms with Crippen LogP contribution in [0, 0.1) is 0 Å². The molecule has 1 aromatic rings. The van der Waals surface area contributed by atoms with Gasteiger partial charge in [-0.25, -0.2) is 4.98 Å². The number of rotatable bonds is 3. The van der Waals surface area contributed by atoms with Crippen LogP contribution in [0.3, 0.4) is 0 Å². The van der Waals surface area contributed by atoms with Gasteiger partial charge in [0.1, 0.15) is 5.69 Å². The molecule has 1 atom stereocenters. The smallest absolute Gasteiger partial charge is 0.306 e. The van der Waals surface area contributed by atoms with E-state index in [1.807, 2.05) is 0 Å². The Morgan fingerprint density at radius 2 is 2.47 bits per heavy atom. The van der Waals surface area contributed by atoms with Crippen LogP contribution in [0.15, 0.2) is 10.9 Å². The maximum atomic E-state index is 12.0. The average molecular weight is 256 g/mol. The molecular weight excluding hydrogens is 244 g/mol. The van der Waals surface area contributed by atoms with E-state index in [0.717, 1.165) is 0 Å². The molecule has 1 unspecified atom stereocenters. The average Bonchev–Trinajstić information content (AvgIpc) is 2.81. The number of carbonyl (C=O) groups is 2. The Morgan fingerprint density at radius 1 is 1.65 bits per heavy atom. The van der Waals surface area contributed by atoms with E-state index in [-0.39, 0.29) is 12.3 Å². The minimum Gasteiger partial charge on any atom is -0.481 e. The number of carbonyl (C=O) groups excluding carboxylic acids is 1. The Labute approximate surface area is 102 Å². The molecule has 0 bridgehead atoms. The van der Waals surface area contributed by atoms with Gasteiger partial charge in [-0.2, -0.15) is 0 Å². The van der Waals surface area contributed by atoms with Crippen LogP contribution in [0.5, 0.6) is 0 Å². The summed E-state index contributed by atoms with van der Waals surface area (Å²) in [5, 5.41) is 10.4. The third kappa shape index (κ3) is 3.01. The summed E-state index contributed by atoms with van der Waals surface area (Å²) in [4.78, 5) is 28.1. The number of carboxylic acid groups (broad SMARTS) is 1. The summed E-state index contributed by atoms with van der Waals surface area (Å²) in [6.45, 7) is 1.16. The lowest BCUT2D eigenvalue weighted by molar-refractivity contribution is -0.141. The van der Waals surface area contributed by atoms with Gasteiger partial charge in [-0.15, -0.1) is 11.3 Å². The molecule has 7 heteroatoms. The van der Waals surface area contributed by atoms with E-state index < -0.39 is 12.1 Å². The summed E-state index contributed by atoms with van der Waals surface area (Å²) in [6.07, 6.45) is -0.509. The fourth-order valence-electron chi connectivity index (χ4n) is 1.70. The van der Waals surface area contributed by atoms with Crippen molar-refractivity contribution in [3.05, 3.63) is 16.6 Å². The van der Waals surface area contributed by atoms with Crippen LogP contribution in [0.2, 0.25) is 0 Å². The number of amides is 1. The summed E-state index contributed by atoms with van der Waals surface area (Å²) in [5.74, 6) is -1.08. The lowest BCUT2D eigenvalue weighted by atomic mass is 10.2. The fourth-order valence-corrected chi connectivity index (χ4v) is 2.23. The summed E-state index contributed by atoms with van der Waals surface area (Å²) < 4.78 is 5.29. The van der Waals surface area contributed by atoms with Crippen molar-refractivity contribution in [1.29, 1.82) is 0 Å². The van der Waals surface area contributed by atoms with Crippen molar-refractivity contribution in [2.75, 3.05) is 19.7 Å². The number of morpholine rings is 1. The van der Waals surface area contributed by atoms with Gasteiger partial charge in [0, 0.05) is 18.5 Å². The monoisotopic (exact) mass is 256 g/mol. The number of aliphatic carboxylic acids is 1. The number of aromatic nitrogens is 1. The first-order valence-electron chi connectivity index (χ1n) is 5.17. The molecule has 0 aliphatic carbocycles. The van der Waals surface area contributed by atoms with Gasteiger partial charge in [-0.1, -0.05) is 0 Å². The maximum absolute atomic E-state index is 12.0. The minimum absolute atomic E-state index is 0.0825. The molecule has 2 rings (SSSR count). The molecule has 0 radical (unpaired) electrons. The van der Waals surface area contributed by atoms with Crippen LogP contribution in [0.4, 0.5) is 0 Å². The molecule has 6 nitrogen and oxygen atoms in total. The lowest BCUT2D eigenvalue weighted by Crippen LogP contribution is -2.46. The zero-order valence-electron chi connectivity index (χ0n) is 9.04. The van der Waals surface area contributed by atoms with Crippen molar-refractivity contribution in [1.82, 2.24) is 9.88 Å². The number of hydrogen-bond acceptors (Lipinski definition) is 5. The normalized spacial score (nSPS) is 20.2. The second-order valence-corrected chi connectivity index (χ2v) is 4.43. The van der Waals surface area contributed by atoms with Gasteiger partial charge >= 0.3 is 5.97 Å². The first kappa shape index (κ1) is 12.0. The standard InChI is InChI=1S/C10H12N2O4S/c13-9(14)3-7-4-12(1-2-16-7)10(15)8-5-17-6-11-8/h5-7H,1-4H2,(H,13,14). The molecule has 1 aliphatic heterocycles. The first-order chi connectivity index (χ1) is 8.16. The lowest BCUT2D eigenvalue weighted by Gasteiger charge is -2.31. The van der Waals surface area contributed by atoms with Crippen molar-refractivity contribution in [3.63, 3.8) is 0 Å². The highest BCUT2D eigenvalue weighted by molar-refractivity contribution is 7.07. The van der Waals surface area contributed by atoms with Crippen LogP contribution < -0.4 is 0 Å². The van der Waals surface area contributed by atoms with Gasteiger partial charge in [0.15, 0.2) is 0 Å². The molecule has 1 aromatic heterocycles. The van der Waals surface area contributed by atoms with E-state index >= 15 is 0 Å². The van der Waals surface area contributed by atoms with Gasteiger partial charge in [0.25, 0.3) is 5.91 Å². The van der Waals surface area contributed by atoms with Crippen molar-refractivity contribution in [3.8, 4) is 0 Å². The highest BCUT2D eigenvalue weighted by Gasteiger charge is 2.27. The third-order valence-corrected chi connectivity index (χ3v) is 3.07. The van der Waals surface area contributed by atoms with E-state index in [0.29, 0.717) is 25.4 Å². The van der Waals surface area contributed by atoms with Crippen LogP contribution in [0.25, 0.3) is 0 Å². The highest BCUT2D eigenvalue weighted by atomic mass is 32.1. The number of thiazole rings is 1. The fraction of sp³-hybridized carbons (Fsp3) is 0.500. The SMILES string of the molecule is O=C(O)CC1CN(C(=O)c2cscn2)CCO1. The van der Waals surface area contributed by atoms with E-state index in [4.69, 9.17) is 9.84 Å². The van der Waals surface area contributed by atoms with E-state index in [9.17, 15) is 9.59 Å². The Kier molecular flexibility index (Phi) is 3.70. The number of nitrogens with zero attached hydrogens (tertiary/aromatic N) is 2. The molecule has 0 saturated carbocycles. The molecule has 1 aliphatic rings. The van der Waals surface area contributed by atoms with E-state index in [2.05, 4.69) is 4.98 Å². The predicted molar refractivity (Wildman–Crippen MR) is 60.0 cm³/mol. The van der Waals surface area contributed by atoms with Crippen molar-refractivity contribution >= 4 is 23.2 Å². The summed E-state index contributed by atoms with van der Waals surface area (Å²) in [6, 6.07) is 0. The van der Waals surface area contributed by atoms with Gasteiger partial charge in [-0.05, 0) is 0 Å². The molecule has 17 heavy (non-hydrogen) atoms. The Hall–Kier alpha value is -1.47. The zero-order valence-corrected chi connectivity index (χ0v) is 9.85. The van der Waals surface area contributed by atoms with Crippen LogP contribution >= 0.6 is 11.3 Å². The molecule has 1 fully saturated rings. The summed E-state index contributed by atoms with van der Waals surface area (Å²) in [7, 11) is 0. The van der Waals surface area contributed by atoms with Gasteiger partial charge < -0.3 is 14.7 Å². The topological polar surface area (TPSA) is 79.7 Å². The van der Waals surface area contributed by atoms with Gasteiger partial charge in [0.05, 0.1) is 24.6 Å². The minimum atomic E-state index is -0.919. The van der Waals surface area contributed by atoms with Gasteiger partial charge in [0.2, 0.25) is 0 Å². The van der Waals surface area contributed by atoms with Crippen LogP contribution in [-0.2, 0) is 9.53 Å². The summed E-state index contributed by atoms with van der Waals surface area (Å²) in [5.41, 5.74) is 2.01. The number of ether oxygens (including phenoxy) is 1. The molecule has 2 heterocycles. The van der Waals surface area contributed by atoms with Crippen LogP contribution in [-0.4, -0.2) is 52.7 Å². The first-order valence-corrected chi connectivity index (χ1v) is 6.12. The molecule has 0 spiro atoms. The highest BCUT2D eigenvalue weighted by Crippen LogP contribution is 2.12. The van der Waals surface area contributed by atoms with Gasteiger partial charge in [-0.3, -0.25) is 9.59 Å².